The van der Waals surface area contributed by atoms with Gasteiger partial charge in [-0.2, -0.15) is 0 Å². The van der Waals surface area contributed by atoms with E-state index < -0.39 is 0 Å². The van der Waals surface area contributed by atoms with E-state index in [2.05, 4.69) is 21.2 Å². The molecular weight excluding hydrogens is 368 g/mol. The van der Waals surface area contributed by atoms with Gasteiger partial charge in [0.25, 0.3) is 0 Å². The number of halogens is 1. The van der Waals surface area contributed by atoms with Crippen molar-refractivity contribution in [2.75, 3.05) is 42.9 Å². The first-order valence-electron chi connectivity index (χ1n) is 8.56. The maximum atomic E-state index is 12.3. The Bertz CT molecular complexity index is 888. The minimum atomic E-state index is -0.0356. The van der Waals surface area contributed by atoms with Gasteiger partial charge in [-0.05, 0) is 24.3 Å². The van der Waals surface area contributed by atoms with Crippen LogP contribution in [0.25, 0.3) is 10.2 Å². The first-order valence-corrected chi connectivity index (χ1v) is 9.76. The van der Waals surface area contributed by atoms with Gasteiger partial charge < -0.3 is 10.2 Å². The molecule has 1 amide bonds. The van der Waals surface area contributed by atoms with Crippen LogP contribution in [-0.4, -0.2) is 48.5 Å². The Kier molecular flexibility index (Phi) is 5.06. The van der Waals surface area contributed by atoms with Crippen molar-refractivity contribution < 1.29 is 4.79 Å². The lowest BCUT2D eigenvalue weighted by molar-refractivity contribution is -0.117. The minimum Gasteiger partial charge on any atom is -0.345 e. The first-order chi connectivity index (χ1) is 12.7. The van der Waals surface area contributed by atoms with Crippen molar-refractivity contribution in [3.05, 3.63) is 53.6 Å². The lowest BCUT2D eigenvalue weighted by atomic mass is 10.3. The molecule has 0 unspecified atom stereocenters. The van der Waals surface area contributed by atoms with Gasteiger partial charge in [-0.1, -0.05) is 47.2 Å². The molecule has 3 aromatic rings. The molecule has 7 heteroatoms. The SMILES string of the molecule is O=C(CN1CCN(c2nc3ccccc3s2)CC1)Nc1ccccc1Cl. The van der Waals surface area contributed by atoms with Gasteiger partial charge in [0.1, 0.15) is 0 Å². The van der Waals surface area contributed by atoms with E-state index in [0.717, 1.165) is 36.8 Å². The summed E-state index contributed by atoms with van der Waals surface area (Å²) in [4.78, 5) is 21.4. The third-order valence-corrected chi connectivity index (χ3v) is 5.87. The van der Waals surface area contributed by atoms with Crippen molar-refractivity contribution in [1.29, 1.82) is 0 Å². The molecule has 1 aliphatic heterocycles. The molecule has 2 heterocycles. The largest absolute Gasteiger partial charge is 0.345 e. The maximum Gasteiger partial charge on any atom is 0.238 e. The highest BCUT2D eigenvalue weighted by molar-refractivity contribution is 7.22. The zero-order chi connectivity index (χ0) is 17.9. The lowest BCUT2D eigenvalue weighted by Gasteiger charge is -2.34. The van der Waals surface area contributed by atoms with Crippen molar-refractivity contribution in [2.24, 2.45) is 0 Å². The van der Waals surface area contributed by atoms with Crippen LogP contribution in [0.4, 0.5) is 10.8 Å². The monoisotopic (exact) mass is 386 g/mol. The van der Waals surface area contributed by atoms with Crippen molar-refractivity contribution in [2.45, 2.75) is 0 Å². The van der Waals surface area contributed by atoms with Crippen LogP contribution < -0.4 is 10.2 Å². The molecule has 0 saturated carbocycles. The highest BCUT2D eigenvalue weighted by Gasteiger charge is 2.21. The number of fused-ring (bicyclic) bond motifs is 1. The van der Waals surface area contributed by atoms with E-state index in [0.29, 0.717) is 17.3 Å². The summed E-state index contributed by atoms with van der Waals surface area (Å²) in [6.45, 7) is 3.80. The van der Waals surface area contributed by atoms with Crippen molar-refractivity contribution >= 4 is 49.9 Å². The fraction of sp³-hybridized carbons (Fsp3) is 0.263. The number of nitrogens with zero attached hydrogens (tertiary/aromatic N) is 3. The summed E-state index contributed by atoms with van der Waals surface area (Å²) in [6, 6.07) is 15.5. The van der Waals surface area contributed by atoms with E-state index in [-0.39, 0.29) is 5.91 Å². The average molecular weight is 387 g/mol. The van der Waals surface area contributed by atoms with Gasteiger partial charge in [-0.15, -0.1) is 0 Å². The Labute approximate surface area is 161 Å². The summed E-state index contributed by atoms with van der Waals surface area (Å²) in [5.74, 6) is -0.0356. The fourth-order valence-corrected chi connectivity index (χ4v) is 4.25. The molecule has 4 rings (SSSR count). The number of aromatic nitrogens is 1. The molecule has 0 radical (unpaired) electrons. The molecule has 2 aromatic carbocycles. The Hall–Kier alpha value is -2.15. The second kappa shape index (κ2) is 7.61. The van der Waals surface area contributed by atoms with E-state index in [1.165, 1.54) is 4.70 Å². The van der Waals surface area contributed by atoms with E-state index in [9.17, 15) is 4.79 Å². The average Bonchev–Trinajstić information content (AvgIpc) is 3.08. The van der Waals surface area contributed by atoms with Crippen LogP contribution in [0.15, 0.2) is 48.5 Å². The predicted molar refractivity (Wildman–Crippen MR) is 108 cm³/mol. The molecule has 1 aliphatic rings. The second-order valence-corrected chi connectivity index (χ2v) is 7.67. The molecule has 1 N–H and O–H groups in total. The van der Waals surface area contributed by atoms with Crippen LogP contribution in [0.1, 0.15) is 0 Å². The second-order valence-electron chi connectivity index (χ2n) is 6.26. The summed E-state index contributed by atoms with van der Waals surface area (Å²) in [5, 5.41) is 4.50. The van der Waals surface area contributed by atoms with Crippen LogP contribution >= 0.6 is 22.9 Å². The third-order valence-electron chi connectivity index (χ3n) is 4.44. The predicted octanol–water partition coefficient (Wildman–Crippen LogP) is 3.71. The topological polar surface area (TPSA) is 48.5 Å². The van der Waals surface area contributed by atoms with Crippen molar-refractivity contribution in [1.82, 2.24) is 9.88 Å². The number of carbonyl (C=O) groups is 1. The fourth-order valence-electron chi connectivity index (χ4n) is 3.05. The van der Waals surface area contributed by atoms with Gasteiger partial charge in [0.05, 0.1) is 27.5 Å². The number of hydrogen-bond donors (Lipinski definition) is 1. The van der Waals surface area contributed by atoms with E-state index in [1.54, 1.807) is 17.4 Å². The van der Waals surface area contributed by atoms with Gasteiger partial charge >= 0.3 is 0 Å². The third kappa shape index (κ3) is 3.82. The van der Waals surface area contributed by atoms with E-state index >= 15 is 0 Å². The lowest BCUT2D eigenvalue weighted by Crippen LogP contribution is -2.48. The standard InChI is InChI=1S/C19H19ClN4OS/c20-14-5-1-2-6-15(14)21-18(25)13-23-9-11-24(12-10-23)19-22-16-7-3-4-8-17(16)26-19/h1-8H,9-13H2,(H,21,25). The van der Waals surface area contributed by atoms with Crippen LogP contribution in [-0.2, 0) is 4.79 Å². The Morgan fingerprint density at radius 2 is 1.81 bits per heavy atom. The number of anilines is 2. The van der Waals surface area contributed by atoms with E-state index in [4.69, 9.17) is 16.6 Å². The van der Waals surface area contributed by atoms with E-state index in [1.807, 2.05) is 36.4 Å². The van der Waals surface area contributed by atoms with Crippen molar-refractivity contribution in [3.8, 4) is 0 Å². The van der Waals surface area contributed by atoms with Crippen LogP contribution in [0, 0.1) is 0 Å². The number of para-hydroxylation sites is 2. The summed E-state index contributed by atoms with van der Waals surface area (Å²) in [5.41, 5.74) is 1.71. The van der Waals surface area contributed by atoms with Gasteiger partial charge in [0.15, 0.2) is 5.13 Å². The molecule has 0 spiro atoms. The number of benzene rings is 2. The van der Waals surface area contributed by atoms with Crippen LogP contribution in [0.3, 0.4) is 0 Å². The molecule has 5 nitrogen and oxygen atoms in total. The summed E-state index contributed by atoms with van der Waals surface area (Å²) in [7, 11) is 0. The van der Waals surface area contributed by atoms with Gasteiger partial charge in [0, 0.05) is 26.2 Å². The Balaban J connectivity index is 1.32. The summed E-state index contributed by atoms with van der Waals surface area (Å²) in [6.07, 6.45) is 0. The molecule has 1 fully saturated rings. The molecular formula is C19H19ClN4OS. The van der Waals surface area contributed by atoms with Gasteiger partial charge in [-0.3, -0.25) is 9.69 Å². The molecule has 26 heavy (non-hydrogen) atoms. The number of thiazole rings is 1. The number of carbonyl (C=O) groups excluding carboxylic acids is 1. The summed E-state index contributed by atoms with van der Waals surface area (Å²) >= 11 is 7.82. The number of amides is 1. The maximum absolute atomic E-state index is 12.3. The van der Waals surface area contributed by atoms with Gasteiger partial charge in [-0.25, -0.2) is 4.98 Å². The number of hydrogen-bond acceptors (Lipinski definition) is 5. The molecule has 0 aliphatic carbocycles. The molecule has 1 aromatic heterocycles. The highest BCUT2D eigenvalue weighted by atomic mass is 35.5. The highest BCUT2D eigenvalue weighted by Crippen LogP contribution is 2.29. The zero-order valence-corrected chi connectivity index (χ0v) is 15.8. The molecule has 1 saturated heterocycles. The summed E-state index contributed by atoms with van der Waals surface area (Å²) < 4.78 is 1.21. The minimum absolute atomic E-state index is 0.0356. The molecule has 0 bridgehead atoms. The first kappa shape index (κ1) is 17.3. The Morgan fingerprint density at radius 3 is 2.58 bits per heavy atom. The molecule has 134 valence electrons. The number of piperazine rings is 1. The van der Waals surface area contributed by atoms with Crippen molar-refractivity contribution in [3.63, 3.8) is 0 Å². The number of nitrogens with one attached hydrogen (secondary N) is 1. The zero-order valence-electron chi connectivity index (χ0n) is 14.2. The van der Waals surface area contributed by atoms with Crippen LogP contribution in [0.5, 0.6) is 0 Å². The molecule has 0 atom stereocenters. The smallest absolute Gasteiger partial charge is 0.238 e. The Morgan fingerprint density at radius 1 is 1.08 bits per heavy atom. The normalized spacial score (nSPS) is 15.3. The van der Waals surface area contributed by atoms with Gasteiger partial charge in [0.2, 0.25) is 5.91 Å². The number of rotatable bonds is 4. The van der Waals surface area contributed by atoms with Crippen LogP contribution in [0.2, 0.25) is 5.02 Å². The quantitative estimate of drug-likeness (QED) is 0.742.